The van der Waals surface area contributed by atoms with E-state index in [-0.39, 0.29) is 39.7 Å². The Morgan fingerprint density at radius 2 is 0.821 bits per heavy atom. The van der Waals surface area contributed by atoms with E-state index in [9.17, 15) is 116 Å². The number of carbonyl (C=O) groups excluding carboxylic acids is 4. The van der Waals surface area contributed by atoms with E-state index in [2.05, 4.69) is 0 Å². The van der Waals surface area contributed by atoms with E-state index in [1.54, 1.807) is 0 Å². The molecule has 570 valence electrons. The van der Waals surface area contributed by atoms with E-state index in [1.807, 2.05) is 0 Å². The van der Waals surface area contributed by atoms with Gasteiger partial charge in [-0.25, -0.2) is 14.4 Å². The second-order valence-corrected chi connectivity index (χ2v) is 24.4. The van der Waals surface area contributed by atoms with Gasteiger partial charge < -0.3 is 159 Å². The highest BCUT2D eigenvalue weighted by atomic mass is 16.7. The number of carboxylic acid groups (broad SMARTS) is 1. The number of benzene rings is 5. The Bertz CT molecular complexity index is 4100. The average Bonchev–Trinajstić information content (AvgIpc) is 0.770. The van der Waals surface area contributed by atoms with Crippen molar-refractivity contribution in [2.24, 2.45) is 0 Å². The van der Waals surface area contributed by atoms with E-state index in [0.717, 1.165) is 54.6 Å². The van der Waals surface area contributed by atoms with Crippen LogP contribution in [-0.4, -0.2) is 276 Å². The number of aliphatic hydroxyl groups is 12. The molecule has 4 fully saturated rings. The number of carboxylic acids is 1. The number of ether oxygens (including phenoxy) is 13. The molecule has 20 atom stereocenters. The minimum atomic E-state index is -2.12. The molecule has 0 saturated carbocycles. The predicted octanol–water partition coefficient (Wildman–Crippen LogP) is -2.60. The topological polar surface area (TPSA) is 590 Å². The van der Waals surface area contributed by atoms with Crippen LogP contribution in [0.25, 0.3) is 24.0 Å². The fraction of sp³-hybridized carbons (Fsp3) is 0.377. The highest BCUT2D eigenvalue weighted by Crippen LogP contribution is 2.46. The number of esters is 4. The van der Waals surface area contributed by atoms with Crippen molar-refractivity contribution in [2.75, 3.05) is 26.4 Å². The van der Waals surface area contributed by atoms with E-state index in [4.69, 9.17) is 66.7 Å². The number of hydrogen-bond acceptors (Lipinski definition) is 36. The second-order valence-electron chi connectivity index (χ2n) is 24.4. The quantitative estimate of drug-likeness (QED) is 0.00936. The first-order chi connectivity index (χ1) is 50.4. The van der Waals surface area contributed by atoms with Crippen molar-refractivity contribution in [1.29, 1.82) is 0 Å². The fourth-order valence-electron chi connectivity index (χ4n) is 11.0. The lowest BCUT2D eigenvalue weighted by atomic mass is 9.98. The molecule has 37 nitrogen and oxygen atoms in total. The van der Waals surface area contributed by atoms with Gasteiger partial charge in [-0.1, -0.05) is 24.3 Å². The fourth-order valence-corrected chi connectivity index (χ4v) is 11.0. The Morgan fingerprint density at radius 3 is 1.30 bits per heavy atom. The molecular formula is C69H72O37. The Balaban J connectivity index is 0.815. The predicted molar refractivity (Wildman–Crippen MR) is 346 cm³/mol. The Labute approximate surface area is 596 Å². The van der Waals surface area contributed by atoms with Gasteiger partial charge in [0.15, 0.2) is 40.3 Å². The summed E-state index contributed by atoms with van der Waals surface area (Å²) in [5.74, 6) is -11.0. The molecule has 4 saturated heterocycles. The SMILES string of the molecule is O=C(O)CC(=O)OC[C@H]1O[C@@H](OC2=C(c3ccc(O)c(O[C@@H]4O[C@H](COC(=O)C=Cc5ccc(O[C@@H]6O[C@H](COC(=O)C=Cc7ccc(O)c(O)c7)[C@@H](O)[C@H](O)[C@H]6O)c(O)c5)[C@@H](O)[C@H](O)[C@H]4O)c3)Oc3cc(O[C@@H]4O[C@H](COC(=O)C=Cc5ccc(O)cc5)[C@@H](O)[C@H](O)[C@H]4O)cc(O)c3C2)[C@H](O)[C@@H](O)[C@@H]1O. The Hall–Kier alpha value is -10.4. The number of rotatable bonds is 25. The van der Waals surface area contributed by atoms with Crippen molar-refractivity contribution >= 4 is 53.8 Å². The summed E-state index contributed by atoms with van der Waals surface area (Å²) >= 11 is 0. The third kappa shape index (κ3) is 19.0. The van der Waals surface area contributed by atoms with Crippen LogP contribution in [-0.2, 0) is 73.0 Å². The van der Waals surface area contributed by atoms with Crippen molar-refractivity contribution in [2.45, 2.75) is 136 Å². The van der Waals surface area contributed by atoms with Gasteiger partial charge in [0.25, 0.3) is 0 Å². The standard InChI is InChI=1S/C69H72O37/c70-32-9-1-28(2-10-32)5-14-49(78)94-24-44-53(82)57(86)61(90)66(103-44)98-33-20-37(73)34-22-43(102-69-64(93)60(89)56(85)47(106-69)27-97-52(81)23-48(76)77)65(99-41(34)21-33)31-8-12-36(72)42(19-31)101-68-63(92)59(88)55(84)46(105-68)26-96-51(80)16-7-30-4-13-40(39(75)18-30)100-67-62(91)58(87)54(83)45(104-67)25-95-50(79)15-6-29-3-11-35(71)38(74)17-29/h1-21,44-47,53-64,66-75,82-93H,22-27H2,(H,76,77)/t44-,45-,46-,47-,53-,54-,55-,56-,57+,58+,59+,60+,61-,62-,63-,64-,66-,67-,68-,69-/m1/s1. The van der Waals surface area contributed by atoms with Gasteiger partial charge in [-0.3, -0.25) is 9.59 Å². The Morgan fingerprint density at radius 1 is 0.396 bits per heavy atom. The first-order valence-electron chi connectivity index (χ1n) is 32.0. The van der Waals surface area contributed by atoms with Crippen LogP contribution >= 0.6 is 0 Å². The molecule has 5 heterocycles. The molecule has 5 aromatic rings. The van der Waals surface area contributed by atoms with Gasteiger partial charge in [0.1, 0.15) is 159 Å². The molecule has 5 aromatic carbocycles. The van der Waals surface area contributed by atoms with Crippen LogP contribution in [0.4, 0.5) is 0 Å². The number of phenolic OH excluding ortho intramolecular Hbond substituents is 6. The molecule has 37 heteroatoms. The van der Waals surface area contributed by atoms with Crippen LogP contribution in [0, 0.1) is 0 Å². The molecule has 19 N–H and O–H groups in total. The van der Waals surface area contributed by atoms with Gasteiger partial charge >= 0.3 is 29.8 Å². The summed E-state index contributed by atoms with van der Waals surface area (Å²) in [7, 11) is 0. The maximum Gasteiger partial charge on any atom is 0.330 e. The number of hydrogen-bond donors (Lipinski definition) is 19. The maximum atomic E-state index is 13.1. The number of aliphatic hydroxyl groups excluding tert-OH is 12. The molecule has 0 aromatic heterocycles. The van der Waals surface area contributed by atoms with Gasteiger partial charge in [-0.2, -0.15) is 0 Å². The van der Waals surface area contributed by atoms with Gasteiger partial charge in [0.2, 0.25) is 25.2 Å². The number of aromatic hydroxyl groups is 6. The third-order valence-electron chi connectivity index (χ3n) is 16.8. The van der Waals surface area contributed by atoms with Crippen LogP contribution in [0.1, 0.15) is 34.2 Å². The molecular weight excluding hydrogens is 1420 g/mol. The molecule has 0 spiro atoms. The highest BCUT2D eigenvalue weighted by molar-refractivity contribution is 5.90. The van der Waals surface area contributed by atoms with Crippen molar-refractivity contribution in [1.82, 2.24) is 0 Å². The molecule has 0 radical (unpaired) electrons. The summed E-state index contributed by atoms with van der Waals surface area (Å²) in [6, 6.07) is 18.4. The lowest BCUT2D eigenvalue weighted by Gasteiger charge is -2.41. The number of aliphatic carboxylic acids is 1. The van der Waals surface area contributed by atoms with E-state index < -0.39 is 238 Å². The van der Waals surface area contributed by atoms with Crippen LogP contribution in [0.5, 0.6) is 57.5 Å². The summed E-state index contributed by atoms with van der Waals surface area (Å²) in [5.41, 5.74) is 0.671. The summed E-state index contributed by atoms with van der Waals surface area (Å²) < 4.78 is 73.1. The van der Waals surface area contributed by atoms with E-state index >= 15 is 0 Å². The molecule has 5 aliphatic rings. The van der Waals surface area contributed by atoms with Crippen LogP contribution < -0.4 is 18.9 Å². The van der Waals surface area contributed by atoms with E-state index in [1.165, 1.54) is 72.8 Å². The lowest BCUT2D eigenvalue weighted by molar-refractivity contribution is -0.292. The second kappa shape index (κ2) is 34.2. The third-order valence-corrected chi connectivity index (χ3v) is 16.8. The first-order valence-corrected chi connectivity index (χ1v) is 32.0. The van der Waals surface area contributed by atoms with Crippen molar-refractivity contribution in [3.05, 3.63) is 143 Å². The van der Waals surface area contributed by atoms with Gasteiger partial charge in [0, 0.05) is 47.9 Å². The number of phenols is 6. The molecule has 0 aliphatic carbocycles. The van der Waals surface area contributed by atoms with Crippen LogP contribution in [0.2, 0.25) is 0 Å². The molecule has 5 aliphatic heterocycles. The smallest absolute Gasteiger partial charge is 0.330 e. The maximum absolute atomic E-state index is 13.1. The van der Waals surface area contributed by atoms with Crippen molar-refractivity contribution in [3.63, 3.8) is 0 Å². The summed E-state index contributed by atoms with van der Waals surface area (Å²) in [6.07, 6.45) is -32.9. The minimum Gasteiger partial charge on any atom is -0.508 e. The number of allylic oxidation sites excluding steroid dienone is 1. The minimum absolute atomic E-state index is 0.0210. The largest absolute Gasteiger partial charge is 0.508 e. The monoisotopic (exact) mass is 1490 g/mol. The molecule has 106 heavy (non-hydrogen) atoms. The van der Waals surface area contributed by atoms with Gasteiger partial charge in [-0.15, -0.1) is 0 Å². The zero-order chi connectivity index (χ0) is 76.5. The van der Waals surface area contributed by atoms with E-state index in [0.29, 0.717) is 11.1 Å². The Kier molecular flexibility index (Phi) is 25.2. The number of fused-ring (bicyclic) bond motifs is 1. The highest BCUT2D eigenvalue weighted by Gasteiger charge is 2.50. The first kappa shape index (κ1) is 78.2. The van der Waals surface area contributed by atoms with Gasteiger partial charge in [-0.05, 0) is 89.5 Å². The van der Waals surface area contributed by atoms with Gasteiger partial charge in [0.05, 0.1) is 0 Å². The molecule has 0 amide bonds. The summed E-state index contributed by atoms with van der Waals surface area (Å²) in [4.78, 5) is 61.4. The van der Waals surface area contributed by atoms with Crippen LogP contribution in [0.15, 0.2) is 115 Å². The summed E-state index contributed by atoms with van der Waals surface area (Å²) in [6.45, 7) is -3.08. The molecule has 0 unspecified atom stereocenters. The molecule has 10 rings (SSSR count). The average molecular weight is 1490 g/mol. The zero-order valence-corrected chi connectivity index (χ0v) is 54.8. The zero-order valence-electron chi connectivity index (χ0n) is 54.8. The summed E-state index contributed by atoms with van der Waals surface area (Å²) in [5, 5.41) is 202. The van der Waals surface area contributed by atoms with Crippen molar-refractivity contribution < 1.29 is 183 Å². The number of carbonyl (C=O) groups is 5. The lowest BCUT2D eigenvalue weighted by Crippen LogP contribution is -2.60. The molecule has 0 bridgehead atoms. The normalized spacial score (nSPS) is 29.5. The van der Waals surface area contributed by atoms with Crippen molar-refractivity contribution in [3.8, 4) is 57.5 Å². The van der Waals surface area contributed by atoms with Crippen LogP contribution in [0.3, 0.4) is 0 Å².